The number of methoxy groups -OCH3 is 1. The molecule has 16 heavy (non-hydrogen) atoms. The number of anilines is 2. The fourth-order valence-electron chi connectivity index (χ4n) is 1.24. The second-order valence-electron chi connectivity index (χ2n) is 3.54. The van der Waals surface area contributed by atoms with E-state index in [1.54, 1.807) is 6.92 Å². The van der Waals surface area contributed by atoms with Crippen LogP contribution in [0.3, 0.4) is 0 Å². The third kappa shape index (κ3) is 3.12. The highest BCUT2D eigenvalue weighted by Crippen LogP contribution is 2.19. The summed E-state index contributed by atoms with van der Waals surface area (Å²) >= 11 is 0. The van der Waals surface area contributed by atoms with Crippen molar-refractivity contribution in [3.63, 3.8) is 0 Å². The molecule has 1 aromatic rings. The summed E-state index contributed by atoms with van der Waals surface area (Å²) in [5, 5.41) is 2.96. The first kappa shape index (κ1) is 12.3. The number of rotatable bonds is 4. The zero-order valence-corrected chi connectivity index (χ0v) is 9.29. The van der Waals surface area contributed by atoms with Gasteiger partial charge in [0.15, 0.2) is 0 Å². The Morgan fingerprint density at radius 3 is 2.88 bits per heavy atom. The van der Waals surface area contributed by atoms with Gasteiger partial charge in [0.25, 0.3) is 0 Å². The number of halogens is 1. The number of esters is 1. The topological polar surface area (TPSA) is 64.3 Å². The molecule has 0 aliphatic heterocycles. The van der Waals surface area contributed by atoms with Gasteiger partial charge in [-0.2, -0.15) is 0 Å². The maximum atomic E-state index is 12.7. The number of nitrogens with one attached hydrogen (secondary N) is 1. The van der Waals surface area contributed by atoms with Crippen LogP contribution < -0.4 is 11.1 Å². The minimum absolute atomic E-state index is 0.283. The van der Waals surface area contributed by atoms with Crippen LogP contribution in [0.2, 0.25) is 0 Å². The van der Waals surface area contributed by atoms with Crippen LogP contribution in [0.4, 0.5) is 15.8 Å². The molecule has 0 amide bonds. The number of carbonyl (C=O) groups excluding carboxylic acids is 1. The second-order valence-corrected chi connectivity index (χ2v) is 3.54. The molecule has 1 aromatic carbocycles. The first-order valence-electron chi connectivity index (χ1n) is 4.91. The Morgan fingerprint density at radius 1 is 1.62 bits per heavy atom. The molecule has 0 aliphatic rings. The van der Waals surface area contributed by atoms with Crippen LogP contribution in [0.15, 0.2) is 18.2 Å². The van der Waals surface area contributed by atoms with Gasteiger partial charge in [0.05, 0.1) is 24.4 Å². The fraction of sp³-hybridized carbons (Fsp3) is 0.364. The van der Waals surface area contributed by atoms with E-state index in [0.29, 0.717) is 17.9 Å². The molecule has 5 heteroatoms. The fourth-order valence-corrected chi connectivity index (χ4v) is 1.24. The smallest absolute Gasteiger partial charge is 0.310 e. The van der Waals surface area contributed by atoms with Crippen LogP contribution in [0.25, 0.3) is 0 Å². The molecule has 0 saturated heterocycles. The van der Waals surface area contributed by atoms with Crippen molar-refractivity contribution in [2.24, 2.45) is 5.92 Å². The highest BCUT2D eigenvalue weighted by molar-refractivity contribution is 5.73. The molecule has 1 atom stereocenters. The third-order valence-electron chi connectivity index (χ3n) is 2.22. The molecule has 4 nitrogen and oxygen atoms in total. The molecule has 0 fully saturated rings. The normalized spacial score (nSPS) is 11.9. The Morgan fingerprint density at radius 2 is 2.31 bits per heavy atom. The lowest BCUT2D eigenvalue weighted by Gasteiger charge is -2.13. The van der Waals surface area contributed by atoms with Gasteiger partial charge < -0.3 is 15.8 Å². The average molecular weight is 226 g/mol. The molecule has 0 aliphatic carbocycles. The summed E-state index contributed by atoms with van der Waals surface area (Å²) in [5.41, 5.74) is 6.52. The van der Waals surface area contributed by atoms with Crippen LogP contribution in [-0.4, -0.2) is 19.6 Å². The number of hydrogen-bond acceptors (Lipinski definition) is 4. The molecular weight excluding hydrogens is 211 g/mol. The van der Waals surface area contributed by atoms with Crippen LogP contribution in [-0.2, 0) is 9.53 Å². The van der Waals surface area contributed by atoms with E-state index in [1.165, 1.54) is 25.3 Å². The lowest BCUT2D eigenvalue weighted by molar-refractivity contribution is -0.144. The van der Waals surface area contributed by atoms with Crippen LogP contribution in [0.5, 0.6) is 0 Å². The monoisotopic (exact) mass is 226 g/mol. The summed E-state index contributed by atoms with van der Waals surface area (Å²) in [6.07, 6.45) is 0. The molecule has 3 N–H and O–H groups in total. The van der Waals surface area contributed by atoms with Crippen molar-refractivity contribution in [1.82, 2.24) is 0 Å². The molecule has 0 heterocycles. The minimum atomic E-state index is -0.385. The first-order chi connectivity index (χ1) is 7.54. The van der Waals surface area contributed by atoms with E-state index in [-0.39, 0.29) is 17.7 Å². The molecule has 1 unspecified atom stereocenters. The van der Waals surface area contributed by atoms with Crippen molar-refractivity contribution in [3.8, 4) is 0 Å². The van der Waals surface area contributed by atoms with E-state index >= 15 is 0 Å². The van der Waals surface area contributed by atoms with Gasteiger partial charge in [-0.15, -0.1) is 0 Å². The van der Waals surface area contributed by atoms with Crippen molar-refractivity contribution < 1.29 is 13.9 Å². The predicted molar refractivity (Wildman–Crippen MR) is 60.5 cm³/mol. The standard InChI is InChI=1S/C11H15FN2O2/c1-7(11(15)16-2)6-14-10-4-3-8(12)5-9(10)13/h3-5,7,14H,6,13H2,1-2H3. The summed E-state index contributed by atoms with van der Waals surface area (Å²) in [6, 6.07) is 4.07. The number of nitrogen functional groups attached to an aromatic ring is 1. The van der Waals surface area contributed by atoms with E-state index in [4.69, 9.17) is 5.73 Å². The largest absolute Gasteiger partial charge is 0.469 e. The maximum absolute atomic E-state index is 12.7. The van der Waals surface area contributed by atoms with Crippen LogP contribution in [0, 0.1) is 11.7 Å². The zero-order valence-electron chi connectivity index (χ0n) is 9.29. The van der Waals surface area contributed by atoms with Crippen molar-refractivity contribution in [2.75, 3.05) is 24.7 Å². The molecule has 0 saturated carbocycles. The zero-order chi connectivity index (χ0) is 12.1. The number of hydrogen-bond donors (Lipinski definition) is 2. The van der Waals surface area contributed by atoms with Gasteiger partial charge in [-0.3, -0.25) is 4.79 Å². The molecule has 0 aromatic heterocycles. The lowest BCUT2D eigenvalue weighted by Crippen LogP contribution is -2.21. The summed E-state index contributed by atoms with van der Waals surface area (Å²) < 4.78 is 17.3. The second kappa shape index (κ2) is 5.34. The molecule has 0 spiro atoms. The predicted octanol–water partition coefficient (Wildman–Crippen LogP) is 1.63. The van der Waals surface area contributed by atoms with Gasteiger partial charge in [0.1, 0.15) is 5.82 Å². The average Bonchev–Trinajstić information content (AvgIpc) is 2.26. The first-order valence-corrected chi connectivity index (χ1v) is 4.91. The lowest BCUT2D eigenvalue weighted by atomic mass is 10.2. The third-order valence-corrected chi connectivity index (χ3v) is 2.22. The Labute approximate surface area is 93.6 Å². The summed E-state index contributed by atoms with van der Waals surface area (Å²) in [7, 11) is 1.34. The van der Waals surface area contributed by atoms with E-state index in [1.807, 2.05) is 0 Å². The Kier molecular flexibility index (Phi) is 4.10. The highest BCUT2D eigenvalue weighted by atomic mass is 19.1. The maximum Gasteiger partial charge on any atom is 0.310 e. The molecule has 1 rings (SSSR count). The van der Waals surface area contributed by atoms with Crippen molar-refractivity contribution in [1.29, 1.82) is 0 Å². The van der Waals surface area contributed by atoms with Crippen LogP contribution >= 0.6 is 0 Å². The van der Waals surface area contributed by atoms with Gasteiger partial charge in [-0.05, 0) is 18.2 Å². The number of carbonyl (C=O) groups is 1. The quantitative estimate of drug-likeness (QED) is 0.605. The minimum Gasteiger partial charge on any atom is -0.469 e. The molecular formula is C11H15FN2O2. The van der Waals surface area contributed by atoms with Gasteiger partial charge >= 0.3 is 5.97 Å². The van der Waals surface area contributed by atoms with Crippen molar-refractivity contribution in [2.45, 2.75) is 6.92 Å². The molecule has 0 bridgehead atoms. The number of benzene rings is 1. The number of nitrogens with two attached hydrogens (primary N) is 1. The van der Waals surface area contributed by atoms with E-state index < -0.39 is 0 Å². The highest BCUT2D eigenvalue weighted by Gasteiger charge is 2.12. The van der Waals surface area contributed by atoms with Crippen molar-refractivity contribution >= 4 is 17.3 Å². The Hall–Kier alpha value is -1.78. The van der Waals surface area contributed by atoms with E-state index in [9.17, 15) is 9.18 Å². The van der Waals surface area contributed by atoms with Gasteiger partial charge in [-0.1, -0.05) is 6.92 Å². The number of ether oxygens (including phenoxy) is 1. The van der Waals surface area contributed by atoms with Crippen molar-refractivity contribution in [3.05, 3.63) is 24.0 Å². The summed E-state index contributed by atoms with van der Waals surface area (Å²) in [5.74, 6) is -0.966. The van der Waals surface area contributed by atoms with Crippen LogP contribution in [0.1, 0.15) is 6.92 Å². The summed E-state index contributed by atoms with van der Waals surface area (Å²) in [6.45, 7) is 2.13. The van der Waals surface area contributed by atoms with Gasteiger partial charge in [-0.25, -0.2) is 4.39 Å². The van der Waals surface area contributed by atoms with E-state index in [2.05, 4.69) is 10.1 Å². The molecule has 88 valence electrons. The van der Waals surface area contributed by atoms with Gasteiger partial charge in [0, 0.05) is 6.54 Å². The van der Waals surface area contributed by atoms with E-state index in [0.717, 1.165) is 0 Å². The summed E-state index contributed by atoms with van der Waals surface area (Å²) in [4.78, 5) is 11.1. The Bertz CT molecular complexity index is 382. The Balaban J connectivity index is 2.58. The van der Waals surface area contributed by atoms with Gasteiger partial charge in [0.2, 0.25) is 0 Å². The SMILES string of the molecule is COC(=O)C(C)CNc1ccc(F)cc1N. The molecule has 0 radical (unpaired) electrons.